The Hall–Kier alpha value is -2.07. The molecule has 3 nitrogen and oxygen atoms in total. The second kappa shape index (κ2) is 6.20. The maximum atomic E-state index is 4.97. The zero-order valence-electron chi connectivity index (χ0n) is 13.4. The monoisotopic (exact) mass is 323 g/mol. The Morgan fingerprint density at radius 1 is 1.17 bits per heavy atom. The smallest absolute Gasteiger partial charge is 0.133 e. The van der Waals surface area contributed by atoms with Crippen LogP contribution in [0.3, 0.4) is 0 Å². The number of aromatic nitrogens is 2. The Labute approximate surface area is 141 Å². The molecule has 1 N–H and O–H groups in total. The van der Waals surface area contributed by atoms with E-state index in [1.54, 1.807) is 0 Å². The molecule has 3 heterocycles. The Bertz CT molecular complexity index is 785. The minimum atomic E-state index is 0.931. The Morgan fingerprint density at radius 3 is 2.83 bits per heavy atom. The number of aryl methyl sites for hydroxylation is 1. The number of benzene rings is 1. The van der Waals surface area contributed by atoms with Crippen LogP contribution in [-0.2, 0) is 12.8 Å². The number of hydrogen-bond donors (Lipinski definition) is 1. The van der Waals surface area contributed by atoms with Crippen molar-refractivity contribution in [1.82, 2.24) is 9.78 Å². The first-order valence-electron chi connectivity index (χ1n) is 8.25. The van der Waals surface area contributed by atoms with Crippen LogP contribution in [0.2, 0.25) is 0 Å². The van der Waals surface area contributed by atoms with Crippen molar-refractivity contribution in [3.8, 4) is 5.69 Å². The molecule has 0 radical (unpaired) electrons. The molecule has 0 spiro atoms. The predicted molar refractivity (Wildman–Crippen MR) is 96.9 cm³/mol. The molecule has 1 aromatic carbocycles. The number of fused-ring (bicyclic) bond motifs is 1. The second-order valence-electron chi connectivity index (χ2n) is 6.16. The third-order valence-corrected chi connectivity index (χ3v) is 5.29. The second-order valence-corrected chi connectivity index (χ2v) is 7.19. The van der Waals surface area contributed by atoms with Gasteiger partial charge in [0, 0.05) is 23.4 Å². The maximum absolute atomic E-state index is 4.97. The van der Waals surface area contributed by atoms with Crippen molar-refractivity contribution in [3.63, 3.8) is 0 Å². The number of thiophene rings is 1. The fourth-order valence-electron chi connectivity index (χ4n) is 3.17. The van der Waals surface area contributed by atoms with Gasteiger partial charge in [-0.2, -0.15) is 5.10 Å². The SMILES string of the molecule is Cc1ccc(-n2nc(Cc3cccs3)c3c2NCCCC3)cc1. The van der Waals surface area contributed by atoms with Crippen molar-refractivity contribution in [2.24, 2.45) is 0 Å². The number of hydrogen-bond acceptors (Lipinski definition) is 3. The summed E-state index contributed by atoms with van der Waals surface area (Å²) in [5, 5.41) is 10.7. The summed E-state index contributed by atoms with van der Waals surface area (Å²) in [4.78, 5) is 1.38. The number of rotatable bonds is 3. The van der Waals surface area contributed by atoms with E-state index >= 15 is 0 Å². The van der Waals surface area contributed by atoms with E-state index in [9.17, 15) is 0 Å². The fraction of sp³-hybridized carbons (Fsp3) is 0.316. The van der Waals surface area contributed by atoms with E-state index in [0.717, 1.165) is 25.1 Å². The molecular weight excluding hydrogens is 302 g/mol. The molecule has 1 aliphatic heterocycles. The average Bonchev–Trinajstić information content (AvgIpc) is 3.11. The lowest BCUT2D eigenvalue weighted by atomic mass is 10.1. The van der Waals surface area contributed by atoms with Crippen molar-refractivity contribution in [3.05, 3.63) is 63.5 Å². The molecule has 0 bridgehead atoms. The Balaban J connectivity index is 1.79. The first-order valence-corrected chi connectivity index (χ1v) is 9.13. The standard InChI is InChI=1S/C19H21N3S/c1-14-7-9-15(10-8-14)22-19-17(6-2-3-11-20-19)18(21-22)13-16-5-4-12-23-16/h4-5,7-10,12,20H,2-3,6,11,13H2,1H3. The zero-order chi connectivity index (χ0) is 15.6. The molecule has 0 saturated carbocycles. The van der Waals surface area contributed by atoms with Gasteiger partial charge in [0.25, 0.3) is 0 Å². The van der Waals surface area contributed by atoms with E-state index in [4.69, 9.17) is 5.10 Å². The van der Waals surface area contributed by atoms with E-state index in [2.05, 4.69) is 58.7 Å². The van der Waals surface area contributed by atoms with E-state index in [1.165, 1.54) is 40.4 Å². The van der Waals surface area contributed by atoms with Gasteiger partial charge in [0.2, 0.25) is 0 Å². The van der Waals surface area contributed by atoms with Crippen LogP contribution in [0.1, 0.15) is 34.5 Å². The average molecular weight is 323 g/mol. The molecule has 0 saturated heterocycles. The molecule has 3 aromatic rings. The van der Waals surface area contributed by atoms with Crippen LogP contribution in [0.5, 0.6) is 0 Å². The third-order valence-electron chi connectivity index (χ3n) is 4.41. The first kappa shape index (κ1) is 14.5. The molecule has 0 amide bonds. The summed E-state index contributed by atoms with van der Waals surface area (Å²) in [6.45, 7) is 3.15. The lowest BCUT2D eigenvalue weighted by Crippen LogP contribution is -2.07. The van der Waals surface area contributed by atoms with Gasteiger partial charge in [0.1, 0.15) is 5.82 Å². The number of nitrogens with one attached hydrogen (secondary N) is 1. The van der Waals surface area contributed by atoms with Gasteiger partial charge in [-0.05, 0) is 49.8 Å². The highest BCUT2D eigenvalue weighted by Crippen LogP contribution is 2.30. The third kappa shape index (κ3) is 2.91. The van der Waals surface area contributed by atoms with Crippen LogP contribution in [-0.4, -0.2) is 16.3 Å². The first-order chi connectivity index (χ1) is 11.3. The highest BCUT2D eigenvalue weighted by molar-refractivity contribution is 7.09. The molecule has 118 valence electrons. The lowest BCUT2D eigenvalue weighted by molar-refractivity contribution is 0.768. The van der Waals surface area contributed by atoms with Crippen LogP contribution in [0, 0.1) is 6.92 Å². The minimum absolute atomic E-state index is 0.931. The molecule has 0 aliphatic carbocycles. The van der Waals surface area contributed by atoms with Gasteiger partial charge in [-0.25, -0.2) is 4.68 Å². The van der Waals surface area contributed by atoms with Crippen molar-refractivity contribution >= 4 is 17.2 Å². The predicted octanol–water partition coefficient (Wildman–Crippen LogP) is 4.58. The van der Waals surface area contributed by atoms with Crippen molar-refractivity contribution in [2.75, 3.05) is 11.9 Å². The molecule has 4 heteroatoms. The summed E-state index contributed by atoms with van der Waals surface area (Å²) in [6.07, 6.45) is 4.51. The molecule has 0 fully saturated rings. The lowest BCUT2D eigenvalue weighted by Gasteiger charge is -2.09. The van der Waals surface area contributed by atoms with Crippen molar-refractivity contribution < 1.29 is 0 Å². The summed E-state index contributed by atoms with van der Waals surface area (Å²) in [5.41, 5.74) is 5.03. The Morgan fingerprint density at radius 2 is 2.04 bits per heavy atom. The van der Waals surface area contributed by atoms with Gasteiger partial charge < -0.3 is 5.32 Å². The molecule has 4 rings (SSSR count). The quantitative estimate of drug-likeness (QED) is 0.764. The zero-order valence-corrected chi connectivity index (χ0v) is 14.2. The molecular formula is C19H21N3S. The van der Waals surface area contributed by atoms with Crippen LogP contribution in [0.15, 0.2) is 41.8 Å². The molecule has 2 aromatic heterocycles. The summed E-state index contributed by atoms with van der Waals surface area (Å²) in [5.74, 6) is 1.19. The van der Waals surface area contributed by atoms with Crippen molar-refractivity contribution in [2.45, 2.75) is 32.6 Å². The maximum Gasteiger partial charge on any atom is 0.133 e. The number of anilines is 1. The largest absolute Gasteiger partial charge is 0.370 e. The van der Waals surface area contributed by atoms with Crippen LogP contribution < -0.4 is 5.32 Å². The van der Waals surface area contributed by atoms with Gasteiger partial charge in [-0.15, -0.1) is 11.3 Å². The van der Waals surface area contributed by atoms with Crippen molar-refractivity contribution in [1.29, 1.82) is 0 Å². The minimum Gasteiger partial charge on any atom is -0.370 e. The van der Waals surface area contributed by atoms with Gasteiger partial charge in [0.15, 0.2) is 0 Å². The molecule has 1 aliphatic rings. The summed E-state index contributed by atoms with van der Waals surface area (Å²) >= 11 is 1.81. The number of nitrogens with zero attached hydrogens (tertiary/aromatic N) is 2. The van der Waals surface area contributed by atoms with Crippen LogP contribution in [0.25, 0.3) is 5.69 Å². The van der Waals surface area contributed by atoms with Gasteiger partial charge in [0.05, 0.1) is 11.4 Å². The highest BCUT2D eigenvalue weighted by atomic mass is 32.1. The van der Waals surface area contributed by atoms with E-state index in [-0.39, 0.29) is 0 Å². The summed E-state index contributed by atoms with van der Waals surface area (Å²) < 4.78 is 2.10. The Kier molecular flexibility index (Phi) is 3.92. The van der Waals surface area contributed by atoms with Gasteiger partial charge >= 0.3 is 0 Å². The molecule has 23 heavy (non-hydrogen) atoms. The normalized spacial score (nSPS) is 14.1. The van der Waals surface area contributed by atoms with E-state index < -0.39 is 0 Å². The van der Waals surface area contributed by atoms with E-state index in [1.807, 2.05) is 11.3 Å². The summed E-state index contributed by atoms with van der Waals surface area (Å²) in [7, 11) is 0. The van der Waals surface area contributed by atoms with E-state index in [0.29, 0.717) is 0 Å². The highest BCUT2D eigenvalue weighted by Gasteiger charge is 2.20. The molecule has 0 atom stereocenters. The summed E-state index contributed by atoms with van der Waals surface area (Å²) in [6, 6.07) is 12.9. The van der Waals surface area contributed by atoms with Crippen LogP contribution in [0.4, 0.5) is 5.82 Å². The van der Waals surface area contributed by atoms with Gasteiger partial charge in [-0.1, -0.05) is 23.8 Å². The topological polar surface area (TPSA) is 29.9 Å². The van der Waals surface area contributed by atoms with Gasteiger partial charge in [-0.3, -0.25) is 0 Å². The fourth-order valence-corrected chi connectivity index (χ4v) is 3.88. The van der Waals surface area contributed by atoms with Crippen LogP contribution >= 0.6 is 11.3 Å². The molecule has 0 unspecified atom stereocenters.